The largest absolute Gasteiger partial charge is 0.416 e. The van der Waals surface area contributed by atoms with E-state index in [0.29, 0.717) is 18.7 Å². The molecule has 1 heterocycles. The molecule has 1 aromatic carbocycles. The van der Waals surface area contributed by atoms with Gasteiger partial charge in [0.2, 0.25) is 5.91 Å². The first-order valence-electron chi connectivity index (χ1n) is 6.50. The van der Waals surface area contributed by atoms with Crippen LogP contribution in [0.1, 0.15) is 17.5 Å². The van der Waals surface area contributed by atoms with Crippen LogP contribution in [0.15, 0.2) is 36.9 Å². The Hall–Kier alpha value is -2.22. The molecule has 0 unspecified atom stereocenters. The van der Waals surface area contributed by atoms with Gasteiger partial charge >= 0.3 is 6.18 Å². The summed E-state index contributed by atoms with van der Waals surface area (Å²) < 4.78 is 37.8. The van der Waals surface area contributed by atoms with E-state index < -0.39 is 11.7 Å². The lowest BCUT2D eigenvalue weighted by Gasteiger charge is -2.11. The van der Waals surface area contributed by atoms with Crippen LogP contribution in [-0.2, 0) is 11.0 Å². The van der Waals surface area contributed by atoms with Gasteiger partial charge in [-0.05, 0) is 30.7 Å². The van der Waals surface area contributed by atoms with Gasteiger partial charge in [0.15, 0.2) is 0 Å². The highest BCUT2D eigenvalue weighted by atomic mass is 19.4. The number of benzene rings is 1. The van der Waals surface area contributed by atoms with Crippen molar-refractivity contribution in [3.63, 3.8) is 0 Å². The van der Waals surface area contributed by atoms with Gasteiger partial charge in [0.25, 0.3) is 0 Å². The second kappa shape index (κ2) is 6.04. The van der Waals surface area contributed by atoms with Gasteiger partial charge in [-0.3, -0.25) is 4.79 Å². The highest BCUT2D eigenvalue weighted by Crippen LogP contribution is 2.29. The normalized spacial score (nSPS) is 18.0. The molecule has 0 bridgehead atoms. The fourth-order valence-corrected chi connectivity index (χ4v) is 2.17. The number of halogens is 3. The van der Waals surface area contributed by atoms with E-state index >= 15 is 0 Å². The first-order valence-corrected chi connectivity index (χ1v) is 6.50. The highest BCUT2D eigenvalue weighted by molar-refractivity contribution is 5.87. The smallest absolute Gasteiger partial charge is 0.338 e. The monoisotopic (exact) mass is 293 g/mol. The molecule has 1 atom stereocenters. The Morgan fingerprint density at radius 3 is 2.86 bits per heavy atom. The van der Waals surface area contributed by atoms with Crippen molar-refractivity contribution in [1.82, 2.24) is 4.90 Å². The third kappa shape index (κ3) is 3.88. The summed E-state index contributed by atoms with van der Waals surface area (Å²) in [7, 11) is 0. The molecule has 2 nitrogen and oxygen atoms in total. The van der Waals surface area contributed by atoms with E-state index in [0.717, 1.165) is 18.6 Å². The van der Waals surface area contributed by atoms with Gasteiger partial charge in [-0.1, -0.05) is 24.5 Å². The summed E-state index contributed by atoms with van der Waals surface area (Å²) in [6, 6.07) is 4.94. The van der Waals surface area contributed by atoms with E-state index in [1.807, 2.05) is 0 Å². The van der Waals surface area contributed by atoms with Crippen molar-refractivity contribution in [3.05, 3.63) is 48.0 Å². The summed E-state index contributed by atoms with van der Waals surface area (Å²) in [5, 5.41) is 0. The number of carbonyl (C=O) groups excluding carboxylic acids is 1. The molecular formula is C16H14F3NO. The van der Waals surface area contributed by atoms with Crippen LogP contribution in [0.25, 0.3) is 0 Å². The van der Waals surface area contributed by atoms with Gasteiger partial charge in [-0.25, -0.2) is 0 Å². The summed E-state index contributed by atoms with van der Waals surface area (Å²) in [6.07, 6.45) is -2.38. The SMILES string of the molecule is C=CC(=O)N1CC[C@@H](C#Cc2cccc(C(F)(F)F)c2)C1. The Morgan fingerprint density at radius 1 is 1.43 bits per heavy atom. The van der Waals surface area contributed by atoms with Gasteiger partial charge in [-0.15, -0.1) is 0 Å². The summed E-state index contributed by atoms with van der Waals surface area (Å²) in [5.74, 6) is 5.55. The standard InChI is InChI=1S/C16H14F3NO/c1-2-15(21)20-9-8-13(11-20)7-6-12-4-3-5-14(10-12)16(17,18)19/h2-5,10,13H,1,8-9,11H2/t13-/m1/s1. The fraction of sp³-hybridized carbons (Fsp3) is 0.312. The third-order valence-corrected chi connectivity index (χ3v) is 3.29. The average Bonchev–Trinajstić information content (AvgIpc) is 2.92. The Morgan fingerprint density at radius 2 is 2.19 bits per heavy atom. The van der Waals surface area contributed by atoms with Crippen LogP contribution in [0, 0.1) is 17.8 Å². The van der Waals surface area contributed by atoms with E-state index in [1.165, 1.54) is 12.1 Å². The molecule has 0 aliphatic carbocycles. The predicted molar refractivity (Wildman–Crippen MR) is 73.2 cm³/mol. The molecule has 0 N–H and O–H groups in total. The van der Waals surface area contributed by atoms with Gasteiger partial charge in [-0.2, -0.15) is 13.2 Å². The van der Waals surface area contributed by atoms with Crippen molar-refractivity contribution >= 4 is 5.91 Å². The summed E-state index contributed by atoms with van der Waals surface area (Å²) >= 11 is 0. The molecule has 0 spiro atoms. The molecule has 1 aliphatic heterocycles. The van der Waals surface area contributed by atoms with Crippen molar-refractivity contribution in [3.8, 4) is 11.8 Å². The lowest BCUT2D eigenvalue weighted by atomic mass is 10.1. The molecule has 1 amide bonds. The average molecular weight is 293 g/mol. The van der Waals surface area contributed by atoms with Crippen LogP contribution in [0.4, 0.5) is 13.2 Å². The minimum Gasteiger partial charge on any atom is -0.338 e. The summed E-state index contributed by atoms with van der Waals surface area (Å²) in [4.78, 5) is 13.1. The number of nitrogens with zero attached hydrogens (tertiary/aromatic N) is 1. The molecule has 1 aromatic rings. The third-order valence-electron chi connectivity index (χ3n) is 3.29. The van der Waals surface area contributed by atoms with Gasteiger partial charge in [0.1, 0.15) is 0 Å². The molecule has 5 heteroatoms. The molecule has 1 fully saturated rings. The van der Waals surface area contributed by atoms with Crippen LogP contribution < -0.4 is 0 Å². The zero-order chi connectivity index (χ0) is 15.5. The number of rotatable bonds is 1. The fourth-order valence-electron chi connectivity index (χ4n) is 2.17. The van der Waals surface area contributed by atoms with E-state index in [-0.39, 0.29) is 11.8 Å². The van der Waals surface area contributed by atoms with E-state index in [4.69, 9.17) is 0 Å². The zero-order valence-corrected chi connectivity index (χ0v) is 11.3. The van der Waals surface area contributed by atoms with Gasteiger partial charge in [0.05, 0.1) is 5.56 Å². The molecule has 2 rings (SSSR count). The van der Waals surface area contributed by atoms with E-state index in [2.05, 4.69) is 18.4 Å². The summed E-state index contributed by atoms with van der Waals surface area (Å²) in [5.41, 5.74) is -0.373. The minimum atomic E-state index is -4.36. The van der Waals surface area contributed by atoms with E-state index in [1.54, 1.807) is 11.0 Å². The maximum atomic E-state index is 12.6. The van der Waals surface area contributed by atoms with Crippen molar-refractivity contribution < 1.29 is 18.0 Å². The number of hydrogen-bond acceptors (Lipinski definition) is 1. The van der Waals surface area contributed by atoms with Crippen LogP contribution in [0.5, 0.6) is 0 Å². The zero-order valence-electron chi connectivity index (χ0n) is 11.3. The number of amides is 1. The number of hydrogen-bond donors (Lipinski definition) is 0. The van der Waals surface area contributed by atoms with Crippen LogP contribution in [0.2, 0.25) is 0 Å². The molecule has 0 radical (unpaired) electrons. The van der Waals surface area contributed by atoms with E-state index in [9.17, 15) is 18.0 Å². The molecule has 21 heavy (non-hydrogen) atoms. The second-order valence-electron chi connectivity index (χ2n) is 4.82. The number of carbonyl (C=O) groups is 1. The second-order valence-corrected chi connectivity index (χ2v) is 4.82. The maximum absolute atomic E-state index is 12.6. The lowest BCUT2D eigenvalue weighted by molar-refractivity contribution is -0.137. The number of likely N-dealkylation sites (tertiary alicyclic amines) is 1. The highest BCUT2D eigenvalue weighted by Gasteiger charge is 2.30. The van der Waals surface area contributed by atoms with Crippen molar-refractivity contribution in [2.24, 2.45) is 5.92 Å². The van der Waals surface area contributed by atoms with Crippen molar-refractivity contribution in [2.45, 2.75) is 12.6 Å². The van der Waals surface area contributed by atoms with Gasteiger partial charge in [0, 0.05) is 24.6 Å². The predicted octanol–water partition coefficient (Wildman–Crippen LogP) is 3.09. The van der Waals surface area contributed by atoms with Crippen molar-refractivity contribution in [2.75, 3.05) is 13.1 Å². The van der Waals surface area contributed by atoms with Crippen LogP contribution in [0.3, 0.4) is 0 Å². The molecule has 0 saturated carbocycles. The number of alkyl halides is 3. The topological polar surface area (TPSA) is 20.3 Å². The molecule has 0 aromatic heterocycles. The molecular weight excluding hydrogens is 279 g/mol. The Labute approximate surface area is 121 Å². The van der Waals surface area contributed by atoms with Gasteiger partial charge < -0.3 is 4.90 Å². The molecule has 1 aliphatic rings. The van der Waals surface area contributed by atoms with Crippen molar-refractivity contribution in [1.29, 1.82) is 0 Å². The maximum Gasteiger partial charge on any atom is 0.416 e. The molecule has 1 saturated heterocycles. The van der Waals surface area contributed by atoms with Crippen LogP contribution >= 0.6 is 0 Å². The Balaban J connectivity index is 2.07. The minimum absolute atomic E-state index is 0.0107. The lowest BCUT2D eigenvalue weighted by Crippen LogP contribution is -2.26. The first kappa shape index (κ1) is 15.2. The summed E-state index contributed by atoms with van der Waals surface area (Å²) in [6.45, 7) is 4.52. The first-order chi connectivity index (χ1) is 9.90. The Kier molecular flexibility index (Phi) is 4.37. The Bertz CT molecular complexity index is 610. The van der Waals surface area contributed by atoms with Crippen LogP contribution in [-0.4, -0.2) is 23.9 Å². The molecule has 110 valence electrons. The quantitative estimate of drug-likeness (QED) is 0.575.